The Morgan fingerprint density at radius 2 is 1.83 bits per heavy atom. The molecule has 1 aromatic rings. The van der Waals surface area contributed by atoms with Gasteiger partial charge in [0.15, 0.2) is 0 Å². The van der Waals surface area contributed by atoms with Crippen molar-refractivity contribution in [2.24, 2.45) is 11.8 Å². The Bertz CT molecular complexity index is 539. The van der Waals surface area contributed by atoms with Gasteiger partial charge < -0.3 is 9.90 Å². The van der Waals surface area contributed by atoms with Gasteiger partial charge in [-0.1, -0.05) is 49.6 Å². The van der Waals surface area contributed by atoms with Gasteiger partial charge in [0.05, 0.1) is 0 Å². The number of benzene rings is 1. The molecule has 0 amide bonds. The van der Waals surface area contributed by atoms with Crippen molar-refractivity contribution >= 4 is 12.3 Å². The second kappa shape index (κ2) is 7.26. The molecule has 3 atom stereocenters. The molecule has 2 fully saturated rings. The quantitative estimate of drug-likeness (QED) is 0.849. The number of rotatable bonds is 5. The van der Waals surface area contributed by atoms with Gasteiger partial charge in [-0.15, -0.1) is 0 Å². The predicted molar refractivity (Wildman–Crippen MR) is 88.3 cm³/mol. The van der Waals surface area contributed by atoms with Crippen LogP contribution < -0.4 is 0 Å². The average molecular weight is 315 g/mol. The third-order valence-corrected chi connectivity index (χ3v) is 5.54. The van der Waals surface area contributed by atoms with Gasteiger partial charge in [0.2, 0.25) is 0 Å². The minimum Gasteiger partial charge on any atom is -0.480 e. The molecule has 1 N–H and O–H groups in total. The summed E-state index contributed by atoms with van der Waals surface area (Å²) in [5.41, 5.74) is 1.14. The lowest BCUT2D eigenvalue weighted by Crippen LogP contribution is -2.46. The Balaban J connectivity index is 1.79. The first kappa shape index (κ1) is 16.2. The van der Waals surface area contributed by atoms with Crippen LogP contribution in [0.5, 0.6) is 0 Å². The van der Waals surface area contributed by atoms with Gasteiger partial charge in [-0.2, -0.15) is 0 Å². The summed E-state index contributed by atoms with van der Waals surface area (Å²) in [4.78, 5) is 25.5. The van der Waals surface area contributed by atoms with Gasteiger partial charge in [-0.25, -0.2) is 0 Å². The summed E-state index contributed by atoms with van der Waals surface area (Å²) in [5.74, 6) is -0.500. The molecule has 124 valence electrons. The number of hydrogen-bond donors (Lipinski definition) is 1. The lowest BCUT2D eigenvalue weighted by molar-refractivity contribution is -0.145. The highest BCUT2D eigenvalue weighted by molar-refractivity contribution is 5.74. The molecule has 1 aromatic carbocycles. The van der Waals surface area contributed by atoms with Crippen molar-refractivity contribution in [1.29, 1.82) is 0 Å². The Hall–Kier alpha value is -1.68. The van der Waals surface area contributed by atoms with E-state index >= 15 is 0 Å². The Kier molecular flexibility index (Phi) is 5.11. The maximum absolute atomic E-state index is 11.9. The zero-order valence-electron chi connectivity index (χ0n) is 13.4. The maximum atomic E-state index is 11.9. The number of carboxylic acids is 1. The van der Waals surface area contributed by atoms with Crippen LogP contribution in [-0.4, -0.2) is 41.4 Å². The van der Waals surface area contributed by atoms with Crippen LogP contribution in [0.1, 0.15) is 43.6 Å². The average Bonchev–Trinajstić information content (AvgIpc) is 3.00. The first-order valence-corrected chi connectivity index (χ1v) is 8.68. The number of aldehydes is 1. The number of carbonyl (C=O) groups is 2. The molecule has 1 saturated carbocycles. The molecule has 1 heterocycles. The number of carbonyl (C=O) groups excluding carboxylic acids is 1. The van der Waals surface area contributed by atoms with E-state index in [2.05, 4.69) is 4.90 Å². The predicted octanol–water partition coefficient (Wildman–Crippen LogP) is 2.93. The van der Waals surface area contributed by atoms with Crippen molar-refractivity contribution in [3.63, 3.8) is 0 Å². The standard InChI is InChI=1S/C19H25NO3/c21-13-16-11-20(12-17(16)14-7-3-1-4-8-14)18(19(22)23)15-9-5-2-6-10-15/h1,3-4,7-8,13,15-18H,2,5-6,9-12H2,(H,22,23). The molecule has 1 aliphatic carbocycles. The molecule has 3 rings (SSSR count). The Morgan fingerprint density at radius 1 is 1.13 bits per heavy atom. The molecular formula is C19H25NO3. The van der Waals surface area contributed by atoms with E-state index in [1.165, 1.54) is 6.42 Å². The largest absolute Gasteiger partial charge is 0.480 e. The first-order chi connectivity index (χ1) is 11.2. The van der Waals surface area contributed by atoms with E-state index in [0.29, 0.717) is 13.1 Å². The van der Waals surface area contributed by atoms with E-state index in [1.807, 2.05) is 30.3 Å². The molecule has 0 radical (unpaired) electrons. The molecule has 1 aliphatic heterocycles. The third-order valence-electron chi connectivity index (χ3n) is 5.54. The summed E-state index contributed by atoms with van der Waals surface area (Å²) in [6, 6.07) is 9.58. The molecular weight excluding hydrogens is 290 g/mol. The van der Waals surface area contributed by atoms with Crippen molar-refractivity contribution in [1.82, 2.24) is 4.90 Å². The molecule has 4 heteroatoms. The van der Waals surface area contributed by atoms with E-state index in [1.54, 1.807) is 0 Å². The summed E-state index contributed by atoms with van der Waals surface area (Å²) < 4.78 is 0. The van der Waals surface area contributed by atoms with E-state index < -0.39 is 12.0 Å². The lowest BCUT2D eigenvalue weighted by Gasteiger charge is -2.33. The minimum absolute atomic E-state index is 0.108. The van der Waals surface area contributed by atoms with Crippen LogP contribution in [-0.2, 0) is 9.59 Å². The van der Waals surface area contributed by atoms with Gasteiger partial charge in [0.25, 0.3) is 0 Å². The molecule has 23 heavy (non-hydrogen) atoms. The van der Waals surface area contributed by atoms with Gasteiger partial charge in [0.1, 0.15) is 12.3 Å². The summed E-state index contributed by atoms with van der Waals surface area (Å²) in [6.07, 6.45) is 6.47. The molecule has 0 aromatic heterocycles. The second-order valence-corrected chi connectivity index (χ2v) is 6.95. The summed E-state index contributed by atoms with van der Waals surface area (Å²) >= 11 is 0. The molecule has 0 bridgehead atoms. The molecule has 3 unspecified atom stereocenters. The summed E-state index contributed by atoms with van der Waals surface area (Å²) in [5, 5.41) is 9.77. The fourth-order valence-electron chi connectivity index (χ4n) is 4.38. The van der Waals surface area contributed by atoms with Crippen LogP contribution in [0.4, 0.5) is 0 Å². The highest BCUT2D eigenvalue weighted by Crippen LogP contribution is 2.36. The fraction of sp³-hybridized carbons (Fsp3) is 0.579. The normalized spacial score (nSPS) is 27.7. The van der Waals surface area contributed by atoms with E-state index in [0.717, 1.165) is 37.5 Å². The Morgan fingerprint density at radius 3 is 2.43 bits per heavy atom. The molecule has 2 aliphatic rings. The van der Waals surface area contributed by atoms with Crippen LogP contribution >= 0.6 is 0 Å². The number of aliphatic carboxylic acids is 1. The van der Waals surface area contributed by atoms with Crippen LogP contribution in [0.25, 0.3) is 0 Å². The number of likely N-dealkylation sites (tertiary alicyclic amines) is 1. The highest BCUT2D eigenvalue weighted by atomic mass is 16.4. The van der Waals surface area contributed by atoms with Crippen molar-refractivity contribution < 1.29 is 14.7 Å². The van der Waals surface area contributed by atoms with Gasteiger partial charge >= 0.3 is 5.97 Å². The monoisotopic (exact) mass is 315 g/mol. The van der Waals surface area contributed by atoms with Gasteiger partial charge in [0, 0.05) is 24.9 Å². The second-order valence-electron chi connectivity index (χ2n) is 6.95. The molecule has 4 nitrogen and oxygen atoms in total. The fourth-order valence-corrected chi connectivity index (χ4v) is 4.38. The zero-order valence-corrected chi connectivity index (χ0v) is 13.4. The number of hydrogen-bond acceptors (Lipinski definition) is 3. The summed E-state index contributed by atoms with van der Waals surface area (Å²) in [7, 11) is 0. The first-order valence-electron chi connectivity index (χ1n) is 8.68. The van der Waals surface area contributed by atoms with Crippen LogP contribution in [0.2, 0.25) is 0 Å². The van der Waals surface area contributed by atoms with E-state index in [-0.39, 0.29) is 17.8 Å². The minimum atomic E-state index is -0.727. The smallest absolute Gasteiger partial charge is 0.321 e. The van der Waals surface area contributed by atoms with Crippen molar-refractivity contribution in [2.45, 2.75) is 44.1 Å². The van der Waals surface area contributed by atoms with E-state index in [9.17, 15) is 14.7 Å². The lowest BCUT2D eigenvalue weighted by atomic mass is 9.83. The van der Waals surface area contributed by atoms with E-state index in [4.69, 9.17) is 0 Å². The number of nitrogens with zero attached hydrogens (tertiary/aromatic N) is 1. The van der Waals surface area contributed by atoms with Crippen LogP contribution in [0.15, 0.2) is 30.3 Å². The van der Waals surface area contributed by atoms with Crippen molar-refractivity contribution in [3.8, 4) is 0 Å². The number of carboxylic acid groups (broad SMARTS) is 1. The van der Waals surface area contributed by atoms with Gasteiger partial charge in [-0.05, 0) is 24.3 Å². The maximum Gasteiger partial charge on any atom is 0.321 e. The Labute approximate surface area is 137 Å². The van der Waals surface area contributed by atoms with Gasteiger partial charge in [-0.3, -0.25) is 9.69 Å². The third kappa shape index (κ3) is 3.47. The van der Waals surface area contributed by atoms with Crippen LogP contribution in [0.3, 0.4) is 0 Å². The topological polar surface area (TPSA) is 57.6 Å². The SMILES string of the molecule is O=CC1CN(C(C(=O)O)C2CCCCC2)CC1c1ccccc1. The molecule has 1 saturated heterocycles. The van der Waals surface area contributed by atoms with Crippen LogP contribution in [0, 0.1) is 11.8 Å². The van der Waals surface area contributed by atoms with Crippen molar-refractivity contribution in [2.75, 3.05) is 13.1 Å². The highest BCUT2D eigenvalue weighted by Gasteiger charge is 2.42. The molecule has 0 spiro atoms. The zero-order chi connectivity index (χ0) is 16.2. The summed E-state index contributed by atoms with van der Waals surface area (Å²) in [6.45, 7) is 1.23. The van der Waals surface area contributed by atoms with Crippen molar-refractivity contribution in [3.05, 3.63) is 35.9 Å².